The molecule has 1 aromatic heterocycles. The number of furan rings is 1. The van der Waals surface area contributed by atoms with E-state index in [2.05, 4.69) is 20.8 Å². The molecule has 0 unspecified atom stereocenters. The van der Waals surface area contributed by atoms with Crippen molar-refractivity contribution < 1.29 is 17.6 Å². The Kier molecular flexibility index (Phi) is 5.68. The van der Waals surface area contributed by atoms with E-state index in [0.717, 1.165) is 17.7 Å². The van der Waals surface area contributed by atoms with Crippen LogP contribution in [0.3, 0.4) is 0 Å². The van der Waals surface area contributed by atoms with Crippen LogP contribution in [0, 0.1) is 0 Å². The molecule has 2 aromatic rings. The number of hydrogen-bond acceptors (Lipinski definition) is 4. The van der Waals surface area contributed by atoms with E-state index < -0.39 is 10.0 Å². The molecule has 1 saturated heterocycles. The number of carbonyl (C=O) groups excluding carboxylic acids is 1. The molecule has 0 atom stereocenters. The highest BCUT2D eigenvalue weighted by Crippen LogP contribution is 2.25. The van der Waals surface area contributed by atoms with E-state index in [-0.39, 0.29) is 24.4 Å². The van der Waals surface area contributed by atoms with Crippen LogP contribution in [0.4, 0.5) is 0 Å². The molecule has 7 heteroatoms. The van der Waals surface area contributed by atoms with E-state index in [9.17, 15) is 13.2 Å². The maximum Gasteiger partial charge on any atom is 0.289 e. The Labute approximate surface area is 167 Å². The maximum absolute atomic E-state index is 12.9. The summed E-state index contributed by atoms with van der Waals surface area (Å²) in [6.07, 6.45) is 0.729. The van der Waals surface area contributed by atoms with Crippen molar-refractivity contribution in [1.82, 2.24) is 9.21 Å². The molecule has 3 rings (SSSR count). The summed E-state index contributed by atoms with van der Waals surface area (Å²) in [4.78, 5) is 14.5. The SMILES string of the molecule is CCc1ccc(C(=O)N2CCN(S(=O)(=O)c3ccc(C(C)(C)C)cc3)CC2)o1. The largest absolute Gasteiger partial charge is 0.456 e. The molecule has 6 nitrogen and oxygen atoms in total. The number of amides is 1. The zero-order valence-corrected chi connectivity index (χ0v) is 17.8. The first kappa shape index (κ1) is 20.6. The second-order valence-electron chi connectivity index (χ2n) is 8.09. The summed E-state index contributed by atoms with van der Waals surface area (Å²) in [5.41, 5.74) is 1.06. The summed E-state index contributed by atoms with van der Waals surface area (Å²) in [5.74, 6) is 0.889. The monoisotopic (exact) mass is 404 g/mol. The molecule has 152 valence electrons. The van der Waals surface area contributed by atoms with Gasteiger partial charge in [0.05, 0.1) is 4.90 Å². The molecule has 1 aliphatic rings. The fraction of sp³-hybridized carbons (Fsp3) is 0.476. The van der Waals surface area contributed by atoms with E-state index in [1.54, 1.807) is 29.2 Å². The second-order valence-corrected chi connectivity index (χ2v) is 10.0. The van der Waals surface area contributed by atoms with Crippen LogP contribution < -0.4 is 0 Å². The molecular weight excluding hydrogens is 376 g/mol. The molecule has 1 amide bonds. The van der Waals surface area contributed by atoms with Gasteiger partial charge in [-0.25, -0.2) is 8.42 Å². The van der Waals surface area contributed by atoms with Crippen LogP contribution in [0.5, 0.6) is 0 Å². The first-order chi connectivity index (χ1) is 13.1. The summed E-state index contributed by atoms with van der Waals surface area (Å²) in [7, 11) is -3.57. The summed E-state index contributed by atoms with van der Waals surface area (Å²) >= 11 is 0. The highest BCUT2D eigenvalue weighted by Gasteiger charge is 2.31. The van der Waals surface area contributed by atoms with E-state index in [1.165, 1.54) is 4.31 Å². The number of sulfonamides is 1. The lowest BCUT2D eigenvalue weighted by molar-refractivity contribution is 0.0664. The van der Waals surface area contributed by atoms with Crippen molar-refractivity contribution in [2.45, 2.75) is 44.4 Å². The van der Waals surface area contributed by atoms with Crippen molar-refractivity contribution in [1.29, 1.82) is 0 Å². The molecule has 1 aromatic carbocycles. The molecule has 28 heavy (non-hydrogen) atoms. The van der Waals surface area contributed by atoms with Crippen LogP contribution >= 0.6 is 0 Å². The first-order valence-electron chi connectivity index (χ1n) is 9.61. The van der Waals surface area contributed by atoms with Gasteiger partial charge >= 0.3 is 0 Å². The zero-order valence-electron chi connectivity index (χ0n) is 16.9. The summed E-state index contributed by atoms with van der Waals surface area (Å²) in [6, 6.07) is 10.6. The fourth-order valence-corrected chi connectivity index (χ4v) is 4.67. The topological polar surface area (TPSA) is 70.8 Å². The number of aryl methyl sites for hydroxylation is 1. The van der Waals surface area contributed by atoms with Gasteiger partial charge in [0.15, 0.2) is 5.76 Å². The van der Waals surface area contributed by atoms with Crippen molar-refractivity contribution in [3.8, 4) is 0 Å². The fourth-order valence-electron chi connectivity index (χ4n) is 3.25. The normalized spacial score (nSPS) is 16.4. The number of nitrogens with zero attached hydrogens (tertiary/aromatic N) is 2. The Hall–Kier alpha value is -2.12. The van der Waals surface area contributed by atoms with Crippen LogP contribution in [0.1, 0.15) is 49.6 Å². The Bertz CT molecular complexity index is 932. The molecular formula is C21H28N2O4S. The van der Waals surface area contributed by atoms with Crippen molar-refractivity contribution in [3.05, 3.63) is 53.5 Å². The maximum atomic E-state index is 12.9. The third kappa shape index (κ3) is 4.15. The minimum atomic E-state index is -3.57. The number of hydrogen-bond donors (Lipinski definition) is 0. The van der Waals surface area contributed by atoms with Gasteiger partial charge < -0.3 is 9.32 Å². The van der Waals surface area contributed by atoms with Crippen molar-refractivity contribution in [3.63, 3.8) is 0 Å². The molecule has 1 aliphatic heterocycles. The van der Waals surface area contributed by atoms with Crippen molar-refractivity contribution in [2.24, 2.45) is 0 Å². The van der Waals surface area contributed by atoms with Gasteiger partial charge in [-0.2, -0.15) is 4.31 Å². The van der Waals surface area contributed by atoms with Gasteiger partial charge in [0.1, 0.15) is 5.76 Å². The molecule has 0 saturated carbocycles. The number of rotatable bonds is 4. The van der Waals surface area contributed by atoms with E-state index in [4.69, 9.17) is 4.42 Å². The molecule has 2 heterocycles. The standard InChI is InChI=1S/C21H28N2O4S/c1-5-17-8-11-19(27-17)20(24)22-12-14-23(15-13-22)28(25,26)18-9-6-16(7-10-18)21(2,3)4/h6-11H,5,12-15H2,1-4H3. The third-order valence-corrected chi connectivity index (χ3v) is 7.02. The Morgan fingerprint density at radius 1 is 1.00 bits per heavy atom. The van der Waals surface area contributed by atoms with Crippen LogP contribution in [-0.2, 0) is 21.9 Å². The van der Waals surface area contributed by atoms with Crippen LogP contribution in [0.15, 0.2) is 45.7 Å². The van der Waals surface area contributed by atoms with E-state index >= 15 is 0 Å². The first-order valence-corrected chi connectivity index (χ1v) is 11.1. The number of carbonyl (C=O) groups is 1. The summed E-state index contributed by atoms with van der Waals surface area (Å²) in [5, 5.41) is 0. The summed E-state index contributed by atoms with van der Waals surface area (Å²) < 4.78 is 32.9. The van der Waals surface area contributed by atoms with Gasteiger partial charge in [-0.05, 0) is 35.2 Å². The predicted molar refractivity (Wildman–Crippen MR) is 108 cm³/mol. The Morgan fingerprint density at radius 3 is 2.11 bits per heavy atom. The highest BCUT2D eigenvalue weighted by molar-refractivity contribution is 7.89. The molecule has 0 aliphatic carbocycles. The Balaban J connectivity index is 1.67. The number of benzene rings is 1. The van der Waals surface area contributed by atoms with Crippen LogP contribution in [0.2, 0.25) is 0 Å². The van der Waals surface area contributed by atoms with Gasteiger partial charge in [0.25, 0.3) is 5.91 Å². The second kappa shape index (κ2) is 7.72. The average Bonchev–Trinajstić information content (AvgIpc) is 3.16. The highest BCUT2D eigenvalue weighted by atomic mass is 32.2. The molecule has 0 N–H and O–H groups in total. The van der Waals surface area contributed by atoms with E-state index in [0.29, 0.717) is 23.7 Å². The van der Waals surface area contributed by atoms with Crippen molar-refractivity contribution in [2.75, 3.05) is 26.2 Å². The van der Waals surface area contributed by atoms with Gasteiger partial charge in [0, 0.05) is 32.6 Å². The van der Waals surface area contributed by atoms with Gasteiger partial charge in [0.2, 0.25) is 10.0 Å². The molecule has 0 bridgehead atoms. The molecule has 1 fully saturated rings. The lowest BCUT2D eigenvalue weighted by Crippen LogP contribution is -2.50. The van der Waals surface area contributed by atoms with Crippen LogP contribution in [0.25, 0.3) is 0 Å². The molecule has 0 radical (unpaired) electrons. The van der Waals surface area contributed by atoms with Gasteiger partial charge in [-0.15, -0.1) is 0 Å². The minimum absolute atomic E-state index is 0.0300. The van der Waals surface area contributed by atoms with Gasteiger partial charge in [-0.3, -0.25) is 4.79 Å². The van der Waals surface area contributed by atoms with Gasteiger partial charge in [-0.1, -0.05) is 39.8 Å². The quantitative estimate of drug-likeness (QED) is 0.784. The Morgan fingerprint density at radius 2 is 1.61 bits per heavy atom. The minimum Gasteiger partial charge on any atom is -0.456 e. The average molecular weight is 405 g/mol. The van der Waals surface area contributed by atoms with E-state index in [1.807, 2.05) is 19.1 Å². The third-order valence-electron chi connectivity index (χ3n) is 5.10. The lowest BCUT2D eigenvalue weighted by atomic mass is 9.87. The van der Waals surface area contributed by atoms with Crippen molar-refractivity contribution >= 4 is 15.9 Å². The lowest BCUT2D eigenvalue weighted by Gasteiger charge is -2.33. The zero-order chi connectivity index (χ0) is 20.5. The number of piperazine rings is 1. The smallest absolute Gasteiger partial charge is 0.289 e. The molecule has 0 spiro atoms. The summed E-state index contributed by atoms with van der Waals surface area (Å²) in [6.45, 7) is 9.48. The predicted octanol–water partition coefficient (Wildman–Crippen LogP) is 3.29. The van der Waals surface area contributed by atoms with Crippen LogP contribution in [-0.4, -0.2) is 49.7 Å².